The van der Waals surface area contributed by atoms with Gasteiger partial charge in [0.15, 0.2) is 0 Å². The summed E-state index contributed by atoms with van der Waals surface area (Å²) < 4.78 is 35.3. The molecule has 0 aromatic heterocycles. The average Bonchev–Trinajstić information content (AvgIpc) is 1.98. The zero-order chi connectivity index (χ0) is 12.1. The van der Waals surface area contributed by atoms with Gasteiger partial charge in [-0.2, -0.15) is 13.2 Å². The van der Waals surface area contributed by atoms with Crippen LogP contribution in [0.4, 0.5) is 13.2 Å². The molecule has 0 aromatic carbocycles. The maximum Gasteiger partial charge on any atom is 0.397 e. The highest BCUT2D eigenvalue weighted by atomic mass is 19.4. The SMILES string of the molecule is CC(C)(CCO)CNC(=O)CC(F)(F)F. The van der Waals surface area contributed by atoms with E-state index in [9.17, 15) is 18.0 Å². The molecule has 2 N–H and O–H groups in total. The number of hydrogen-bond donors (Lipinski definition) is 2. The van der Waals surface area contributed by atoms with Crippen LogP contribution in [-0.2, 0) is 4.79 Å². The predicted molar refractivity (Wildman–Crippen MR) is 49.2 cm³/mol. The van der Waals surface area contributed by atoms with E-state index in [1.54, 1.807) is 13.8 Å². The summed E-state index contributed by atoms with van der Waals surface area (Å²) in [5, 5.41) is 10.9. The van der Waals surface area contributed by atoms with Gasteiger partial charge < -0.3 is 10.4 Å². The van der Waals surface area contributed by atoms with Crippen LogP contribution in [0.3, 0.4) is 0 Å². The molecule has 90 valence electrons. The van der Waals surface area contributed by atoms with E-state index in [0.717, 1.165) is 0 Å². The second kappa shape index (κ2) is 5.34. The quantitative estimate of drug-likeness (QED) is 0.747. The molecule has 0 fully saturated rings. The van der Waals surface area contributed by atoms with E-state index < -0.39 is 23.9 Å². The van der Waals surface area contributed by atoms with Crippen molar-refractivity contribution in [2.75, 3.05) is 13.2 Å². The maximum atomic E-state index is 11.8. The van der Waals surface area contributed by atoms with E-state index in [1.807, 2.05) is 0 Å². The second-order valence-corrected chi connectivity index (χ2v) is 4.21. The number of carbonyl (C=O) groups is 1. The minimum Gasteiger partial charge on any atom is -0.396 e. The molecule has 0 unspecified atom stereocenters. The van der Waals surface area contributed by atoms with E-state index in [4.69, 9.17) is 5.11 Å². The Morgan fingerprint density at radius 2 is 1.87 bits per heavy atom. The summed E-state index contributed by atoms with van der Waals surface area (Å²) in [7, 11) is 0. The van der Waals surface area contributed by atoms with Crippen LogP contribution < -0.4 is 5.32 Å². The Morgan fingerprint density at radius 1 is 1.33 bits per heavy atom. The minimum atomic E-state index is -4.47. The molecule has 1 amide bonds. The standard InChI is InChI=1S/C9H16F3NO2/c1-8(2,3-4-14)6-13-7(15)5-9(10,11)12/h14H,3-6H2,1-2H3,(H,13,15). The van der Waals surface area contributed by atoms with Crippen molar-refractivity contribution in [3.63, 3.8) is 0 Å². The van der Waals surface area contributed by atoms with Crippen molar-refractivity contribution in [1.82, 2.24) is 5.32 Å². The minimum absolute atomic E-state index is 0.0534. The van der Waals surface area contributed by atoms with Crippen LogP contribution >= 0.6 is 0 Å². The molecule has 0 atom stereocenters. The third-order valence-corrected chi connectivity index (χ3v) is 1.91. The van der Waals surface area contributed by atoms with Crippen molar-refractivity contribution in [1.29, 1.82) is 0 Å². The molecule has 0 rings (SSSR count). The molecule has 0 aromatic rings. The fourth-order valence-electron chi connectivity index (χ4n) is 0.973. The highest BCUT2D eigenvalue weighted by Crippen LogP contribution is 2.21. The molecule has 0 saturated carbocycles. The molecule has 15 heavy (non-hydrogen) atoms. The van der Waals surface area contributed by atoms with Gasteiger partial charge in [0, 0.05) is 13.2 Å². The average molecular weight is 227 g/mol. The summed E-state index contributed by atoms with van der Waals surface area (Å²) in [6.45, 7) is 3.60. The molecular weight excluding hydrogens is 211 g/mol. The number of aliphatic hydroxyl groups excluding tert-OH is 1. The number of halogens is 3. The van der Waals surface area contributed by atoms with Gasteiger partial charge in [0.1, 0.15) is 6.42 Å². The summed E-state index contributed by atoms with van der Waals surface area (Å²) in [6, 6.07) is 0. The highest BCUT2D eigenvalue weighted by molar-refractivity contribution is 5.76. The summed E-state index contributed by atoms with van der Waals surface area (Å²) in [5.41, 5.74) is -0.393. The first kappa shape index (κ1) is 14.2. The molecule has 0 aliphatic heterocycles. The molecule has 0 radical (unpaired) electrons. The largest absolute Gasteiger partial charge is 0.397 e. The maximum absolute atomic E-state index is 11.8. The summed E-state index contributed by atoms with van der Waals surface area (Å²) in [6.07, 6.45) is -5.49. The summed E-state index contributed by atoms with van der Waals surface area (Å²) >= 11 is 0. The summed E-state index contributed by atoms with van der Waals surface area (Å²) in [5.74, 6) is -1.03. The zero-order valence-corrected chi connectivity index (χ0v) is 8.82. The Kier molecular flexibility index (Phi) is 5.07. The van der Waals surface area contributed by atoms with Crippen molar-refractivity contribution in [3.8, 4) is 0 Å². The van der Waals surface area contributed by atoms with Crippen LogP contribution in [0.2, 0.25) is 0 Å². The number of aliphatic hydroxyl groups is 1. The molecule has 0 saturated heterocycles. The monoisotopic (exact) mass is 227 g/mol. The van der Waals surface area contributed by atoms with Crippen molar-refractivity contribution in [2.24, 2.45) is 5.41 Å². The highest BCUT2D eigenvalue weighted by Gasteiger charge is 2.31. The number of amides is 1. The van der Waals surface area contributed by atoms with Crippen molar-refractivity contribution in [3.05, 3.63) is 0 Å². The Balaban J connectivity index is 3.90. The van der Waals surface area contributed by atoms with E-state index in [1.165, 1.54) is 0 Å². The van der Waals surface area contributed by atoms with Gasteiger partial charge in [0.05, 0.1) is 0 Å². The first-order valence-corrected chi connectivity index (χ1v) is 4.61. The van der Waals surface area contributed by atoms with Crippen molar-refractivity contribution < 1.29 is 23.1 Å². The van der Waals surface area contributed by atoms with Crippen molar-refractivity contribution >= 4 is 5.91 Å². The van der Waals surface area contributed by atoms with Crippen LogP contribution in [0.5, 0.6) is 0 Å². The second-order valence-electron chi connectivity index (χ2n) is 4.21. The predicted octanol–water partition coefficient (Wildman–Crippen LogP) is 1.46. The fraction of sp³-hybridized carbons (Fsp3) is 0.889. The first-order valence-electron chi connectivity index (χ1n) is 4.61. The topological polar surface area (TPSA) is 49.3 Å². The molecule has 0 aliphatic carbocycles. The summed E-state index contributed by atoms with van der Waals surface area (Å²) in [4.78, 5) is 10.8. The van der Waals surface area contributed by atoms with E-state index in [-0.39, 0.29) is 13.2 Å². The van der Waals surface area contributed by atoms with Gasteiger partial charge in [0.2, 0.25) is 5.91 Å². The molecule has 0 spiro atoms. The number of rotatable bonds is 5. The van der Waals surface area contributed by atoms with Gasteiger partial charge in [-0.1, -0.05) is 13.8 Å². The number of nitrogens with one attached hydrogen (secondary N) is 1. The molecule has 0 bridgehead atoms. The van der Waals surface area contributed by atoms with Crippen LogP contribution in [0.1, 0.15) is 26.7 Å². The lowest BCUT2D eigenvalue weighted by Crippen LogP contribution is -2.36. The first-order chi connectivity index (χ1) is 6.66. The number of alkyl halides is 3. The van der Waals surface area contributed by atoms with Gasteiger partial charge in [-0.3, -0.25) is 4.79 Å². The molecular formula is C9H16F3NO2. The van der Waals surface area contributed by atoms with Crippen LogP contribution in [0.25, 0.3) is 0 Å². The van der Waals surface area contributed by atoms with Gasteiger partial charge in [-0.25, -0.2) is 0 Å². The molecule has 0 heterocycles. The lowest BCUT2D eigenvalue weighted by molar-refractivity contribution is -0.154. The van der Waals surface area contributed by atoms with E-state index in [2.05, 4.69) is 5.32 Å². The fourth-order valence-corrected chi connectivity index (χ4v) is 0.973. The molecule has 6 heteroatoms. The van der Waals surface area contributed by atoms with E-state index in [0.29, 0.717) is 6.42 Å². The Morgan fingerprint density at radius 3 is 2.27 bits per heavy atom. The lowest BCUT2D eigenvalue weighted by Gasteiger charge is -2.23. The zero-order valence-electron chi connectivity index (χ0n) is 8.82. The van der Waals surface area contributed by atoms with Crippen LogP contribution in [0.15, 0.2) is 0 Å². The Labute approximate surface area is 86.7 Å². The van der Waals surface area contributed by atoms with Gasteiger partial charge in [-0.05, 0) is 11.8 Å². The van der Waals surface area contributed by atoms with Crippen LogP contribution in [-0.4, -0.2) is 30.3 Å². The molecule has 0 aliphatic rings. The number of hydrogen-bond acceptors (Lipinski definition) is 2. The van der Waals surface area contributed by atoms with Crippen LogP contribution in [0, 0.1) is 5.41 Å². The Bertz CT molecular complexity index is 214. The smallest absolute Gasteiger partial charge is 0.396 e. The van der Waals surface area contributed by atoms with Gasteiger partial charge in [-0.15, -0.1) is 0 Å². The Hall–Kier alpha value is -0.780. The van der Waals surface area contributed by atoms with Gasteiger partial charge in [0.25, 0.3) is 0 Å². The third kappa shape index (κ3) is 8.23. The third-order valence-electron chi connectivity index (χ3n) is 1.91. The lowest BCUT2D eigenvalue weighted by atomic mass is 9.90. The van der Waals surface area contributed by atoms with E-state index >= 15 is 0 Å². The normalized spacial score (nSPS) is 12.7. The van der Waals surface area contributed by atoms with Gasteiger partial charge >= 0.3 is 6.18 Å². The number of carbonyl (C=O) groups excluding carboxylic acids is 1. The molecule has 3 nitrogen and oxygen atoms in total. The van der Waals surface area contributed by atoms with Crippen molar-refractivity contribution in [2.45, 2.75) is 32.9 Å².